The van der Waals surface area contributed by atoms with E-state index >= 15 is 0 Å². The Labute approximate surface area is 130 Å². The first-order valence-corrected chi connectivity index (χ1v) is 8.27. The van der Waals surface area contributed by atoms with Crippen molar-refractivity contribution in [1.29, 1.82) is 0 Å². The number of aryl methyl sites for hydroxylation is 1. The van der Waals surface area contributed by atoms with E-state index in [2.05, 4.69) is 15.6 Å². The molecule has 1 aliphatic rings. The number of aromatic nitrogens is 2. The van der Waals surface area contributed by atoms with Crippen LogP contribution in [0.4, 0.5) is 0 Å². The lowest BCUT2D eigenvalue weighted by molar-refractivity contribution is 0.456. The van der Waals surface area contributed by atoms with Gasteiger partial charge in [-0.3, -0.25) is 0 Å². The number of benzene rings is 1. The van der Waals surface area contributed by atoms with Crippen LogP contribution in [0.2, 0.25) is 5.02 Å². The standard InChI is InChI=1S/C16H20Cl2N2/c1-11(17)16-19-15-13(18)7-4-8-14(15)20(16)10-9-12-5-2-3-6-12/h4,7-8,11-12H,2-3,5-6,9-10H2,1H3. The van der Waals surface area contributed by atoms with Crippen LogP contribution in [0.15, 0.2) is 18.2 Å². The Morgan fingerprint density at radius 1 is 1.35 bits per heavy atom. The second kappa shape index (κ2) is 5.95. The SMILES string of the molecule is CC(Cl)c1nc2c(Cl)cccc2n1CCC1CCCC1. The number of hydrogen-bond acceptors (Lipinski definition) is 1. The van der Waals surface area contributed by atoms with Crippen molar-refractivity contribution in [2.75, 3.05) is 0 Å². The molecule has 1 heterocycles. The van der Waals surface area contributed by atoms with Crippen molar-refractivity contribution < 1.29 is 0 Å². The molecule has 0 radical (unpaired) electrons. The Morgan fingerprint density at radius 3 is 2.80 bits per heavy atom. The highest BCUT2D eigenvalue weighted by Crippen LogP contribution is 2.32. The first-order chi connectivity index (χ1) is 9.66. The fourth-order valence-corrected chi connectivity index (χ4v) is 3.66. The van der Waals surface area contributed by atoms with Crippen LogP contribution in [0.5, 0.6) is 0 Å². The van der Waals surface area contributed by atoms with Gasteiger partial charge in [0.15, 0.2) is 0 Å². The minimum absolute atomic E-state index is 0.0953. The second-order valence-electron chi connectivity index (χ2n) is 5.78. The fraction of sp³-hybridized carbons (Fsp3) is 0.562. The van der Waals surface area contributed by atoms with Gasteiger partial charge >= 0.3 is 0 Å². The lowest BCUT2D eigenvalue weighted by Crippen LogP contribution is -2.08. The smallest absolute Gasteiger partial charge is 0.127 e. The summed E-state index contributed by atoms with van der Waals surface area (Å²) in [4.78, 5) is 4.66. The molecule has 108 valence electrons. The van der Waals surface area contributed by atoms with Crippen LogP contribution in [0.3, 0.4) is 0 Å². The summed E-state index contributed by atoms with van der Waals surface area (Å²) < 4.78 is 2.26. The molecule has 0 bridgehead atoms. The number of para-hydroxylation sites is 1. The maximum Gasteiger partial charge on any atom is 0.127 e. The maximum absolute atomic E-state index is 6.30. The van der Waals surface area contributed by atoms with Gasteiger partial charge in [-0.2, -0.15) is 0 Å². The number of halogens is 2. The third kappa shape index (κ3) is 2.68. The molecule has 1 saturated carbocycles. The third-order valence-electron chi connectivity index (χ3n) is 4.35. The van der Waals surface area contributed by atoms with Gasteiger partial charge in [0.2, 0.25) is 0 Å². The lowest BCUT2D eigenvalue weighted by atomic mass is 10.0. The van der Waals surface area contributed by atoms with Gasteiger partial charge in [-0.05, 0) is 31.4 Å². The summed E-state index contributed by atoms with van der Waals surface area (Å²) in [5.74, 6) is 1.80. The van der Waals surface area contributed by atoms with Crippen molar-refractivity contribution in [1.82, 2.24) is 9.55 Å². The van der Waals surface area contributed by atoms with Gasteiger partial charge in [-0.15, -0.1) is 11.6 Å². The molecule has 1 aromatic heterocycles. The summed E-state index contributed by atoms with van der Waals surface area (Å²) in [6.07, 6.45) is 6.74. The Hall–Kier alpha value is -0.730. The number of rotatable bonds is 4. The Kier molecular flexibility index (Phi) is 4.23. The van der Waals surface area contributed by atoms with Crippen LogP contribution < -0.4 is 0 Å². The first kappa shape index (κ1) is 14.2. The highest BCUT2D eigenvalue weighted by atomic mass is 35.5. The van der Waals surface area contributed by atoms with E-state index in [0.29, 0.717) is 5.02 Å². The van der Waals surface area contributed by atoms with Crippen LogP contribution >= 0.6 is 23.2 Å². The minimum atomic E-state index is -0.0953. The Morgan fingerprint density at radius 2 is 2.10 bits per heavy atom. The molecule has 1 aliphatic carbocycles. The molecule has 0 aliphatic heterocycles. The number of nitrogens with zero attached hydrogens (tertiary/aromatic N) is 2. The lowest BCUT2D eigenvalue weighted by Gasteiger charge is -2.13. The Bertz CT molecular complexity index is 598. The average molecular weight is 311 g/mol. The number of imidazole rings is 1. The summed E-state index contributed by atoms with van der Waals surface area (Å²) in [7, 11) is 0. The van der Waals surface area contributed by atoms with E-state index in [9.17, 15) is 0 Å². The largest absolute Gasteiger partial charge is 0.327 e. The monoisotopic (exact) mass is 310 g/mol. The molecule has 1 fully saturated rings. The van der Waals surface area contributed by atoms with E-state index in [4.69, 9.17) is 23.2 Å². The summed E-state index contributed by atoms with van der Waals surface area (Å²) in [6.45, 7) is 2.97. The van der Waals surface area contributed by atoms with Gasteiger partial charge in [0.1, 0.15) is 11.3 Å². The van der Waals surface area contributed by atoms with Crippen LogP contribution in [0.1, 0.15) is 50.2 Å². The molecule has 0 N–H and O–H groups in total. The maximum atomic E-state index is 6.30. The zero-order chi connectivity index (χ0) is 14.1. The predicted octanol–water partition coefficient (Wildman–Crippen LogP) is 5.57. The van der Waals surface area contributed by atoms with Crippen molar-refractivity contribution in [3.8, 4) is 0 Å². The van der Waals surface area contributed by atoms with Crippen molar-refractivity contribution in [2.45, 2.75) is 50.9 Å². The molecular weight excluding hydrogens is 291 g/mol. The van der Waals surface area contributed by atoms with Crippen LogP contribution in [-0.4, -0.2) is 9.55 Å². The van der Waals surface area contributed by atoms with E-state index < -0.39 is 0 Å². The second-order valence-corrected chi connectivity index (χ2v) is 6.85. The third-order valence-corrected chi connectivity index (χ3v) is 4.85. The van der Waals surface area contributed by atoms with Crippen LogP contribution in [0.25, 0.3) is 11.0 Å². The predicted molar refractivity (Wildman–Crippen MR) is 85.6 cm³/mol. The van der Waals surface area contributed by atoms with Crippen molar-refractivity contribution in [2.24, 2.45) is 5.92 Å². The van der Waals surface area contributed by atoms with Crippen molar-refractivity contribution >= 4 is 34.2 Å². The van der Waals surface area contributed by atoms with Gasteiger partial charge in [0.25, 0.3) is 0 Å². The zero-order valence-corrected chi connectivity index (χ0v) is 13.3. The average Bonchev–Trinajstić information content (AvgIpc) is 3.03. The molecule has 20 heavy (non-hydrogen) atoms. The van der Waals surface area contributed by atoms with Gasteiger partial charge in [-0.1, -0.05) is 43.4 Å². The normalized spacial score (nSPS) is 17.9. The molecule has 2 nitrogen and oxygen atoms in total. The van der Waals surface area contributed by atoms with Crippen LogP contribution in [0, 0.1) is 5.92 Å². The van der Waals surface area contributed by atoms with Crippen molar-refractivity contribution in [3.63, 3.8) is 0 Å². The highest BCUT2D eigenvalue weighted by molar-refractivity contribution is 6.35. The van der Waals surface area contributed by atoms with E-state index in [-0.39, 0.29) is 5.38 Å². The van der Waals surface area contributed by atoms with Crippen LogP contribution in [-0.2, 0) is 6.54 Å². The van der Waals surface area contributed by atoms with Gasteiger partial charge < -0.3 is 4.57 Å². The molecule has 0 amide bonds. The minimum Gasteiger partial charge on any atom is -0.327 e. The van der Waals surface area contributed by atoms with E-state index in [1.165, 1.54) is 32.1 Å². The molecular formula is C16H20Cl2N2. The van der Waals surface area contributed by atoms with Crippen molar-refractivity contribution in [3.05, 3.63) is 29.0 Å². The Balaban J connectivity index is 1.94. The zero-order valence-electron chi connectivity index (χ0n) is 11.8. The quantitative estimate of drug-likeness (QED) is 0.675. The molecule has 0 saturated heterocycles. The number of fused-ring (bicyclic) bond motifs is 1. The number of hydrogen-bond donors (Lipinski definition) is 0. The summed E-state index contributed by atoms with van der Waals surface area (Å²) in [5, 5.41) is 0.614. The molecule has 2 aromatic rings. The fourth-order valence-electron chi connectivity index (χ4n) is 3.28. The molecule has 0 spiro atoms. The summed E-state index contributed by atoms with van der Waals surface area (Å²) in [5.41, 5.74) is 1.99. The molecule has 4 heteroatoms. The van der Waals surface area contributed by atoms with E-state index in [1.54, 1.807) is 0 Å². The summed E-state index contributed by atoms with van der Waals surface area (Å²) in [6, 6.07) is 5.97. The topological polar surface area (TPSA) is 17.8 Å². The molecule has 1 atom stereocenters. The summed E-state index contributed by atoms with van der Waals surface area (Å²) >= 11 is 12.6. The first-order valence-electron chi connectivity index (χ1n) is 7.45. The molecule has 1 aromatic carbocycles. The van der Waals surface area contributed by atoms with E-state index in [0.717, 1.165) is 29.3 Å². The number of alkyl halides is 1. The molecule has 3 rings (SSSR count). The van der Waals surface area contributed by atoms with Gasteiger partial charge in [0, 0.05) is 6.54 Å². The molecule has 1 unspecified atom stereocenters. The van der Waals surface area contributed by atoms with E-state index in [1.807, 2.05) is 19.1 Å². The highest BCUT2D eigenvalue weighted by Gasteiger charge is 2.19. The van der Waals surface area contributed by atoms with Gasteiger partial charge in [0.05, 0.1) is 15.9 Å². The van der Waals surface area contributed by atoms with Gasteiger partial charge in [-0.25, -0.2) is 4.98 Å².